The van der Waals surface area contributed by atoms with Gasteiger partial charge < -0.3 is 40.2 Å². The Bertz CT molecular complexity index is 910. The zero-order valence-electron chi connectivity index (χ0n) is 17.2. The van der Waals surface area contributed by atoms with E-state index in [1.54, 1.807) is 0 Å². The predicted octanol–water partition coefficient (Wildman–Crippen LogP) is 0.158. The van der Waals surface area contributed by atoms with E-state index < -0.39 is 37.3 Å². The highest BCUT2D eigenvalue weighted by atomic mass is 16.7. The lowest BCUT2D eigenvalue weighted by Gasteiger charge is -2.39. The molecule has 0 bridgehead atoms. The van der Waals surface area contributed by atoms with Crippen LogP contribution in [-0.4, -0.2) is 82.4 Å². The summed E-state index contributed by atoms with van der Waals surface area (Å²) in [6.07, 6.45) is -1.19. The van der Waals surface area contributed by atoms with E-state index in [0.29, 0.717) is 0 Å². The normalized spacial score (nSPS) is 34.5. The lowest BCUT2D eigenvalue weighted by Crippen LogP contribution is -2.59. The van der Waals surface area contributed by atoms with Gasteiger partial charge in [-0.05, 0) is 37.6 Å². The second-order valence-electron chi connectivity index (χ2n) is 8.23. The van der Waals surface area contributed by atoms with Crippen LogP contribution in [0, 0.1) is 0 Å². The Kier molecular flexibility index (Phi) is 6.26. The molecule has 0 saturated carbocycles. The van der Waals surface area contributed by atoms with Crippen LogP contribution in [0.2, 0.25) is 0 Å². The van der Waals surface area contributed by atoms with E-state index in [1.165, 1.54) is 16.5 Å². The molecule has 6 N–H and O–H groups in total. The fourth-order valence-electron chi connectivity index (χ4n) is 4.57. The molecule has 1 fully saturated rings. The molecule has 2 heterocycles. The summed E-state index contributed by atoms with van der Waals surface area (Å²) in [5, 5.41) is 44.0. The highest BCUT2D eigenvalue weighted by molar-refractivity contribution is 5.88. The number of benzene rings is 1. The first kappa shape index (κ1) is 21.5. The molecule has 0 amide bonds. The zero-order valence-corrected chi connectivity index (χ0v) is 17.2. The summed E-state index contributed by atoms with van der Waals surface area (Å²) in [4.78, 5) is 3.35. The van der Waals surface area contributed by atoms with Gasteiger partial charge in [0.2, 0.25) is 0 Å². The van der Waals surface area contributed by atoms with Gasteiger partial charge in [-0.3, -0.25) is 0 Å². The number of aliphatic hydroxyl groups excluding tert-OH is 4. The van der Waals surface area contributed by atoms with E-state index in [1.807, 2.05) is 14.0 Å². The van der Waals surface area contributed by atoms with E-state index >= 15 is 0 Å². The molecule has 7 atom stereocenters. The number of hydrogen-bond donors (Lipinski definition) is 6. The maximum absolute atomic E-state index is 10.1. The van der Waals surface area contributed by atoms with Crippen LogP contribution in [0.1, 0.15) is 24.0 Å². The van der Waals surface area contributed by atoms with Gasteiger partial charge in [0.1, 0.15) is 24.4 Å². The lowest BCUT2D eigenvalue weighted by atomic mass is 9.79. The van der Waals surface area contributed by atoms with Gasteiger partial charge in [-0.25, -0.2) is 0 Å². The van der Waals surface area contributed by atoms with Gasteiger partial charge in [-0.1, -0.05) is 23.8 Å². The first-order valence-electron chi connectivity index (χ1n) is 10.3. The highest BCUT2D eigenvalue weighted by Crippen LogP contribution is 2.38. The number of ether oxygens (including phenoxy) is 2. The topological polar surface area (TPSA) is 127 Å². The number of aromatic nitrogens is 1. The Morgan fingerprint density at radius 1 is 1.27 bits per heavy atom. The standard InChI is InChI=1S/C22H30N2O6/c1-11(10-29-22-21(28)20(27)19(26)17(9-25)30-22)6-14-13-4-3-5-15-18(13)12(8-24-15)7-16(14)23-2/h3-6,8,14,16-17,19-28H,7,9-10H2,1-2H3/b11-6+/t14-,16-,17-,19-,20+,21-,22+/m1/s1. The quantitative estimate of drug-likeness (QED) is 0.369. The highest BCUT2D eigenvalue weighted by Gasteiger charge is 2.44. The Balaban J connectivity index is 1.51. The molecule has 4 rings (SSSR count). The first-order chi connectivity index (χ1) is 14.4. The number of aliphatic hydroxyl groups is 4. The number of rotatable bonds is 6. The Labute approximate surface area is 175 Å². The van der Waals surface area contributed by atoms with Crippen molar-refractivity contribution >= 4 is 10.9 Å². The van der Waals surface area contributed by atoms with Crippen LogP contribution in [0.3, 0.4) is 0 Å². The molecule has 0 radical (unpaired) electrons. The largest absolute Gasteiger partial charge is 0.394 e. The lowest BCUT2D eigenvalue weighted by molar-refractivity contribution is -0.299. The molecule has 1 aromatic carbocycles. The fourth-order valence-corrected chi connectivity index (χ4v) is 4.57. The minimum atomic E-state index is -1.44. The van der Waals surface area contributed by atoms with Crippen molar-refractivity contribution in [2.45, 2.75) is 56.0 Å². The molecule has 1 aliphatic heterocycles. The van der Waals surface area contributed by atoms with Crippen molar-refractivity contribution < 1.29 is 29.9 Å². The number of likely N-dealkylation sites (N-methyl/N-ethyl adjacent to an activating group) is 1. The summed E-state index contributed by atoms with van der Waals surface area (Å²) in [7, 11) is 1.96. The molecule has 164 valence electrons. The molecule has 0 spiro atoms. The van der Waals surface area contributed by atoms with Gasteiger partial charge in [0.05, 0.1) is 13.2 Å². The summed E-state index contributed by atoms with van der Waals surface area (Å²) in [6.45, 7) is 1.66. The second-order valence-corrected chi connectivity index (χ2v) is 8.23. The van der Waals surface area contributed by atoms with E-state index in [9.17, 15) is 20.4 Å². The van der Waals surface area contributed by atoms with Crippen LogP contribution in [0.15, 0.2) is 36.0 Å². The van der Waals surface area contributed by atoms with Crippen LogP contribution < -0.4 is 5.32 Å². The van der Waals surface area contributed by atoms with Gasteiger partial charge in [-0.2, -0.15) is 0 Å². The van der Waals surface area contributed by atoms with Gasteiger partial charge in [-0.15, -0.1) is 0 Å². The molecule has 2 aromatic rings. The molecule has 1 saturated heterocycles. The number of aromatic amines is 1. The number of hydrogen-bond acceptors (Lipinski definition) is 7. The summed E-state index contributed by atoms with van der Waals surface area (Å²) < 4.78 is 11.1. The Hall–Kier alpha value is -1.78. The van der Waals surface area contributed by atoms with Gasteiger partial charge in [0.25, 0.3) is 0 Å². The van der Waals surface area contributed by atoms with Crippen LogP contribution in [-0.2, 0) is 15.9 Å². The number of nitrogens with one attached hydrogen (secondary N) is 2. The molecule has 1 aromatic heterocycles. The minimum absolute atomic E-state index is 0.153. The van der Waals surface area contributed by atoms with Crippen molar-refractivity contribution in [1.29, 1.82) is 0 Å². The summed E-state index contributed by atoms with van der Waals surface area (Å²) in [5.74, 6) is 0.153. The molecular weight excluding hydrogens is 388 g/mol. The first-order valence-corrected chi connectivity index (χ1v) is 10.3. The van der Waals surface area contributed by atoms with Crippen LogP contribution in [0.25, 0.3) is 10.9 Å². The van der Waals surface area contributed by atoms with Crippen molar-refractivity contribution in [3.63, 3.8) is 0 Å². The minimum Gasteiger partial charge on any atom is -0.394 e. The SMILES string of the molecule is CN[C@@H]1Cc2c[nH]c3cccc(c23)[C@H]1/C=C(\C)CO[C@H]1O[C@H](CO)[C@@H](O)[C@H](O)[C@H]1O. The van der Waals surface area contributed by atoms with E-state index in [-0.39, 0.29) is 18.6 Å². The summed E-state index contributed by atoms with van der Waals surface area (Å²) in [5.41, 5.74) is 4.64. The van der Waals surface area contributed by atoms with Crippen LogP contribution in [0.4, 0.5) is 0 Å². The molecule has 0 unspecified atom stereocenters. The average Bonchev–Trinajstić information content (AvgIpc) is 3.17. The molecular formula is C22H30N2O6. The van der Waals surface area contributed by atoms with Crippen molar-refractivity contribution in [3.05, 3.63) is 47.2 Å². The summed E-state index contributed by atoms with van der Waals surface area (Å²) in [6, 6.07) is 6.52. The molecule has 1 aliphatic carbocycles. The van der Waals surface area contributed by atoms with Crippen molar-refractivity contribution in [1.82, 2.24) is 10.3 Å². The second kappa shape index (κ2) is 8.76. The Morgan fingerprint density at radius 3 is 2.80 bits per heavy atom. The Morgan fingerprint density at radius 2 is 2.07 bits per heavy atom. The van der Waals surface area contributed by atoms with Gasteiger partial charge >= 0.3 is 0 Å². The van der Waals surface area contributed by atoms with Crippen LogP contribution >= 0.6 is 0 Å². The maximum atomic E-state index is 10.1. The third kappa shape index (κ3) is 3.80. The average molecular weight is 418 g/mol. The predicted molar refractivity (Wildman–Crippen MR) is 111 cm³/mol. The molecule has 30 heavy (non-hydrogen) atoms. The van der Waals surface area contributed by atoms with E-state index in [4.69, 9.17) is 9.47 Å². The van der Waals surface area contributed by atoms with Crippen molar-refractivity contribution in [2.75, 3.05) is 20.3 Å². The molecule has 8 heteroatoms. The summed E-state index contributed by atoms with van der Waals surface area (Å²) >= 11 is 0. The monoisotopic (exact) mass is 418 g/mol. The van der Waals surface area contributed by atoms with Crippen LogP contribution in [0.5, 0.6) is 0 Å². The smallest absolute Gasteiger partial charge is 0.187 e. The third-order valence-electron chi connectivity index (χ3n) is 6.21. The van der Waals surface area contributed by atoms with Gasteiger partial charge in [0.15, 0.2) is 6.29 Å². The van der Waals surface area contributed by atoms with Crippen molar-refractivity contribution in [2.24, 2.45) is 0 Å². The maximum Gasteiger partial charge on any atom is 0.187 e. The zero-order chi connectivity index (χ0) is 21.4. The molecule has 8 nitrogen and oxygen atoms in total. The van der Waals surface area contributed by atoms with Crippen molar-refractivity contribution in [3.8, 4) is 0 Å². The third-order valence-corrected chi connectivity index (χ3v) is 6.21. The van der Waals surface area contributed by atoms with E-state index in [2.05, 4.69) is 40.8 Å². The number of H-pyrrole nitrogens is 1. The van der Waals surface area contributed by atoms with Gasteiger partial charge in [0, 0.05) is 29.1 Å². The van der Waals surface area contributed by atoms with E-state index in [0.717, 1.165) is 17.5 Å². The fraction of sp³-hybridized carbons (Fsp3) is 0.545. The molecule has 2 aliphatic rings.